The molecule has 2 aromatic carbocycles. The number of pyridine rings is 1. The normalized spacial score (nSPS) is 15.4. The zero-order valence-corrected chi connectivity index (χ0v) is 15.9. The SMILES string of the molecule is O=C1c2[nH]nc(-c3ccccc3O)c2[C@H](c2cccc(O)c2)N1Cc1cccnc1. The van der Waals surface area contributed by atoms with Gasteiger partial charge in [-0.2, -0.15) is 5.10 Å². The Morgan fingerprint density at radius 1 is 1.03 bits per heavy atom. The summed E-state index contributed by atoms with van der Waals surface area (Å²) in [5.41, 5.74) is 3.75. The fraction of sp³-hybridized carbons (Fsp3) is 0.0870. The Morgan fingerprint density at radius 3 is 2.67 bits per heavy atom. The van der Waals surface area contributed by atoms with Gasteiger partial charge >= 0.3 is 0 Å². The van der Waals surface area contributed by atoms with Crippen LogP contribution in [-0.4, -0.2) is 36.2 Å². The van der Waals surface area contributed by atoms with E-state index in [1.807, 2.05) is 24.3 Å². The number of benzene rings is 2. The molecule has 1 aliphatic rings. The fourth-order valence-corrected chi connectivity index (χ4v) is 3.97. The largest absolute Gasteiger partial charge is 0.508 e. The predicted octanol–water partition coefficient (Wildman–Crippen LogP) is 3.63. The lowest BCUT2D eigenvalue weighted by molar-refractivity contribution is 0.0729. The highest BCUT2D eigenvalue weighted by molar-refractivity contribution is 6.00. The van der Waals surface area contributed by atoms with Crippen LogP contribution in [0.5, 0.6) is 11.5 Å². The van der Waals surface area contributed by atoms with Crippen LogP contribution in [0.3, 0.4) is 0 Å². The number of rotatable bonds is 4. The standard InChI is InChI=1S/C23H18N4O3/c28-16-7-3-6-15(11-16)22-19-20(17-8-1-2-9-18(17)29)25-26-21(19)23(30)27(22)13-14-5-4-10-24-12-14/h1-12,22,28-29H,13H2,(H,25,26)/t22-/m0/s1. The number of H-pyrrole nitrogens is 1. The van der Waals surface area contributed by atoms with Crippen LogP contribution in [0.2, 0.25) is 0 Å². The van der Waals surface area contributed by atoms with E-state index in [4.69, 9.17) is 0 Å². The first-order valence-electron chi connectivity index (χ1n) is 9.49. The number of carbonyl (C=O) groups excluding carboxylic acids is 1. The van der Waals surface area contributed by atoms with E-state index in [-0.39, 0.29) is 17.4 Å². The van der Waals surface area contributed by atoms with Gasteiger partial charge in [0.15, 0.2) is 0 Å². The van der Waals surface area contributed by atoms with Gasteiger partial charge in [0.25, 0.3) is 5.91 Å². The molecule has 0 spiro atoms. The summed E-state index contributed by atoms with van der Waals surface area (Å²) in [6.45, 7) is 0.343. The van der Waals surface area contributed by atoms with Gasteiger partial charge in [-0.05, 0) is 41.5 Å². The fourth-order valence-electron chi connectivity index (χ4n) is 3.97. The molecule has 3 heterocycles. The molecule has 7 heteroatoms. The van der Waals surface area contributed by atoms with Crippen molar-refractivity contribution in [3.8, 4) is 22.8 Å². The second-order valence-corrected chi connectivity index (χ2v) is 7.17. The van der Waals surface area contributed by atoms with Crippen LogP contribution in [0.4, 0.5) is 0 Å². The number of aromatic nitrogens is 3. The first kappa shape index (κ1) is 17.9. The van der Waals surface area contributed by atoms with E-state index in [2.05, 4.69) is 15.2 Å². The van der Waals surface area contributed by atoms with Crippen LogP contribution in [0.1, 0.15) is 33.2 Å². The third kappa shape index (κ3) is 2.88. The summed E-state index contributed by atoms with van der Waals surface area (Å²) < 4.78 is 0. The molecule has 1 atom stereocenters. The Kier molecular flexibility index (Phi) is 4.21. The number of phenols is 2. The quantitative estimate of drug-likeness (QED) is 0.487. The van der Waals surface area contributed by atoms with Crippen LogP contribution in [0.25, 0.3) is 11.3 Å². The Hall–Kier alpha value is -4.13. The Bertz CT molecular complexity index is 1240. The highest BCUT2D eigenvalue weighted by atomic mass is 16.3. The summed E-state index contributed by atoms with van der Waals surface area (Å²) in [7, 11) is 0. The zero-order chi connectivity index (χ0) is 20.7. The Balaban J connectivity index is 1.68. The first-order valence-corrected chi connectivity index (χ1v) is 9.49. The minimum atomic E-state index is -0.479. The molecule has 0 radical (unpaired) electrons. The van der Waals surface area contributed by atoms with E-state index >= 15 is 0 Å². The van der Waals surface area contributed by atoms with Crippen molar-refractivity contribution < 1.29 is 15.0 Å². The smallest absolute Gasteiger partial charge is 0.273 e. The first-order chi connectivity index (χ1) is 14.6. The van der Waals surface area contributed by atoms with Crippen molar-refractivity contribution >= 4 is 5.91 Å². The number of nitrogens with zero attached hydrogens (tertiary/aromatic N) is 3. The minimum absolute atomic E-state index is 0.0830. The lowest BCUT2D eigenvalue weighted by Crippen LogP contribution is -2.29. The number of aromatic amines is 1. The maximum atomic E-state index is 13.3. The van der Waals surface area contributed by atoms with Crippen LogP contribution in [0.15, 0.2) is 73.1 Å². The predicted molar refractivity (Wildman–Crippen MR) is 110 cm³/mol. The van der Waals surface area contributed by atoms with Crippen LogP contribution in [-0.2, 0) is 6.54 Å². The molecule has 1 amide bonds. The molecule has 0 aliphatic carbocycles. The van der Waals surface area contributed by atoms with E-state index in [0.717, 1.165) is 11.1 Å². The van der Waals surface area contributed by atoms with Gasteiger partial charge in [0.1, 0.15) is 22.9 Å². The average molecular weight is 398 g/mol. The van der Waals surface area contributed by atoms with Gasteiger partial charge < -0.3 is 15.1 Å². The maximum absolute atomic E-state index is 13.3. The van der Waals surface area contributed by atoms with Crippen molar-refractivity contribution in [1.29, 1.82) is 0 Å². The van der Waals surface area contributed by atoms with Crippen molar-refractivity contribution in [3.05, 3.63) is 95.4 Å². The van der Waals surface area contributed by atoms with Crippen LogP contribution >= 0.6 is 0 Å². The van der Waals surface area contributed by atoms with Gasteiger partial charge in [-0.25, -0.2) is 0 Å². The van der Waals surface area contributed by atoms with Gasteiger partial charge in [-0.3, -0.25) is 14.9 Å². The highest BCUT2D eigenvalue weighted by Crippen LogP contribution is 2.45. The topological polar surface area (TPSA) is 102 Å². The van der Waals surface area contributed by atoms with E-state index in [9.17, 15) is 15.0 Å². The second kappa shape index (κ2) is 7.04. The highest BCUT2D eigenvalue weighted by Gasteiger charge is 2.42. The third-order valence-corrected chi connectivity index (χ3v) is 5.28. The van der Waals surface area contributed by atoms with Crippen molar-refractivity contribution in [3.63, 3.8) is 0 Å². The lowest BCUT2D eigenvalue weighted by atomic mass is 9.95. The van der Waals surface area contributed by atoms with Crippen molar-refractivity contribution in [2.45, 2.75) is 12.6 Å². The second-order valence-electron chi connectivity index (χ2n) is 7.17. The van der Waals surface area contributed by atoms with Gasteiger partial charge in [0.05, 0.1) is 6.04 Å². The molecule has 7 nitrogen and oxygen atoms in total. The zero-order valence-electron chi connectivity index (χ0n) is 15.9. The number of hydrogen-bond donors (Lipinski definition) is 3. The average Bonchev–Trinajstić information content (AvgIpc) is 3.29. The van der Waals surface area contributed by atoms with E-state index in [1.54, 1.807) is 53.7 Å². The summed E-state index contributed by atoms with van der Waals surface area (Å²) in [4.78, 5) is 19.2. The molecule has 0 saturated carbocycles. The minimum Gasteiger partial charge on any atom is -0.508 e. The molecule has 0 unspecified atom stereocenters. The van der Waals surface area contributed by atoms with E-state index < -0.39 is 6.04 Å². The van der Waals surface area contributed by atoms with Crippen molar-refractivity contribution in [2.24, 2.45) is 0 Å². The molecule has 0 saturated heterocycles. The van der Waals surface area contributed by atoms with Gasteiger partial charge in [-0.15, -0.1) is 0 Å². The Labute approximate surface area is 172 Å². The summed E-state index contributed by atoms with van der Waals surface area (Å²) >= 11 is 0. The number of para-hydroxylation sites is 1. The molecule has 2 aromatic heterocycles. The Morgan fingerprint density at radius 2 is 1.90 bits per heavy atom. The van der Waals surface area contributed by atoms with Crippen molar-refractivity contribution in [1.82, 2.24) is 20.1 Å². The van der Waals surface area contributed by atoms with Crippen LogP contribution < -0.4 is 0 Å². The lowest BCUT2D eigenvalue weighted by Gasteiger charge is -2.26. The summed E-state index contributed by atoms with van der Waals surface area (Å²) in [5.74, 6) is -0.00156. The number of phenolic OH excluding ortho intramolecular Hbond substituents is 2. The van der Waals surface area contributed by atoms with Crippen molar-refractivity contribution in [2.75, 3.05) is 0 Å². The monoisotopic (exact) mass is 398 g/mol. The molecule has 5 rings (SSSR count). The van der Waals surface area contributed by atoms with E-state index in [0.29, 0.717) is 29.1 Å². The summed E-state index contributed by atoms with van der Waals surface area (Å²) in [6, 6.07) is 17.0. The molecule has 1 aliphatic heterocycles. The third-order valence-electron chi connectivity index (χ3n) is 5.28. The van der Waals surface area contributed by atoms with E-state index in [1.165, 1.54) is 0 Å². The number of amides is 1. The molecule has 4 aromatic rings. The molecule has 30 heavy (non-hydrogen) atoms. The molecule has 3 N–H and O–H groups in total. The van der Waals surface area contributed by atoms with Crippen LogP contribution in [0, 0.1) is 0 Å². The number of hydrogen-bond acceptors (Lipinski definition) is 5. The molecular weight excluding hydrogens is 380 g/mol. The number of aromatic hydroxyl groups is 2. The number of nitrogens with one attached hydrogen (secondary N) is 1. The summed E-state index contributed by atoms with van der Waals surface area (Å²) in [5, 5.41) is 27.7. The summed E-state index contributed by atoms with van der Waals surface area (Å²) in [6.07, 6.45) is 3.41. The maximum Gasteiger partial charge on any atom is 0.273 e. The van der Waals surface area contributed by atoms with Gasteiger partial charge in [0, 0.05) is 30.1 Å². The van der Waals surface area contributed by atoms with Gasteiger partial charge in [-0.1, -0.05) is 30.3 Å². The number of carbonyl (C=O) groups is 1. The number of fused-ring (bicyclic) bond motifs is 1. The van der Waals surface area contributed by atoms with Gasteiger partial charge in [0.2, 0.25) is 0 Å². The molecular formula is C23H18N4O3. The molecule has 0 fully saturated rings. The molecule has 148 valence electrons. The molecule has 0 bridgehead atoms.